The van der Waals surface area contributed by atoms with Gasteiger partial charge in [0.15, 0.2) is 0 Å². The van der Waals surface area contributed by atoms with Crippen LogP contribution in [-0.4, -0.2) is 68.2 Å². The van der Waals surface area contributed by atoms with Crippen molar-refractivity contribution in [2.45, 2.75) is 32.8 Å². The molecule has 20 heavy (non-hydrogen) atoms. The van der Waals surface area contributed by atoms with Crippen LogP contribution in [0.3, 0.4) is 0 Å². The minimum absolute atomic E-state index is 0.0651. The molecule has 0 bridgehead atoms. The molecule has 6 nitrogen and oxygen atoms in total. The van der Waals surface area contributed by atoms with E-state index in [1.807, 2.05) is 6.92 Å². The van der Waals surface area contributed by atoms with E-state index in [1.54, 1.807) is 16.1 Å². The molecule has 0 aromatic rings. The van der Waals surface area contributed by atoms with Gasteiger partial charge in [-0.05, 0) is 12.8 Å². The third-order valence-corrected chi connectivity index (χ3v) is 6.15. The molecule has 2 rings (SSSR count). The monoisotopic (exact) mass is 304 g/mol. The Morgan fingerprint density at radius 3 is 2.70 bits per heavy atom. The zero-order valence-electron chi connectivity index (χ0n) is 12.2. The van der Waals surface area contributed by atoms with Crippen LogP contribution in [0, 0.1) is 5.92 Å². The van der Waals surface area contributed by atoms with E-state index >= 15 is 0 Å². The number of hydrogen-bond donors (Lipinski definition) is 0. The van der Waals surface area contributed by atoms with Crippen molar-refractivity contribution in [1.29, 1.82) is 0 Å². The van der Waals surface area contributed by atoms with E-state index < -0.39 is 10.0 Å². The average Bonchev–Trinajstić information content (AvgIpc) is 2.59. The number of carbonyl (C=O) groups is 1. The molecule has 2 fully saturated rings. The molecule has 2 heterocycles. The highest BCUT2D eigenvalue weighted by Gasteiger charge is 2.37. The predicted octanol–water partition coefficient (Wildman–Crippen LogP) is 0.295. The number of amides is 1. The summed E-state index contributed by atoms with van der Waals surface area (Å²) in [5, 5.41) is 0. The van der Waals surface area contributed by atoms with Gasteiger partial charge in [0.2, 0.25) is 15.9 Å². The van der Waals surface area contributed by atoms with Gasteiger partial charge in [-0.1, -0.05) is 6.92 Å². The van der Waals surface area contributed by atoms with Crippen molar-refractivity contribution in [1.82, 2.24) is 9.21 Å². The fourth-order valence-electron chi connectivity index (χ4n) is 2.95. The fourth-order valence-corrected chi connectivity index (χ4v) is 4.48. The maximum absolute atomic E-state index is 12.1. The van der Waals surface area contributed by atoms with Gasteiger partial charge in [0.1, 0.15) is 0 Å². The molecule has 0 saturated carbocycles. The smallest absolute Gasteiger partial charge is 0.219 e. The molecule has 0 aromatic carbocycles. The Morgan fingerprint density at radius 2 is 2.05 bits per heavy atom. The lowest BCUT2D eigenvalue weighted by Crippen LogP contribution is -2.49. The Balaban J connectivity index is 2.03. The molecule has 2 aliphatic rings. The summed E-state index contributed by atoms with van der Waals surface area (Å²) < 4.78 is 31.6. The molecule has 0 aliphatic carbocycles. The molecule has 0 spiro atoms. The van der Waals surface area contributed by atoms with Crippen LogP contribution in [0.1, 0.15) is 26.7 Å². The van der Waals surface area contributed by atoms with Gasteiger partial charge in [0.25, 0.3) is 0 Å². The fraction of sp³-hybridized carbons (Fsp3) is 0.923. The topological polar surface area (TPSA) is 66.9 Å². The van der Waals surface area contributed by atoms with Crippen LogP contribution >= 0.6 is 0 Å². The molecule has 0 aromatic heterocycles. The van der Waals surface area contributed by atoms with Crippen molar-refractivity contribution in [2.75, 3.05) is 38.5 Å². The summed E-state index contributed by atoms with van der Waals surface area (Å²) in [6.45, 7) is 6.18. The minimum atomic E-state index is -3.15. The van der Waals surface area contributed by atoms with Crippen molar-refractivity contribution < 1.29 is 17.9 Å². The summed E-state index contributed by atoms with van der Waals surface area (Å²) in [6.07, 6.45) is 1.31. The van der Waals surface area contributed by atoms with E-state index in [-0.39, 0.29) is 23.7 Å². The van der Waals surface area contributed by atoms with Gasteiger partial charge in [-0.25, -0.2) is 8.42 Å². The van der Waals surface area contributed by atoms with E-state index in [0.29, 0.717) is 39.2 Å². The van der Waals surface area contributed by atoms with Gasteiger partial charge >= 0.3 is 0 Å². The predicted molar refractivity (Wildman–Crippen MR) is 75.8 cm³/mol. The van der Waals surface area contributed by atoms with Crippen LogP contribution in [0.25, 0.3) is 0 Å². The molecule has 2 saturated heterocycles. The van der Waals surface area contributed by atoms with E-state index in [9.17, 15) is 13.2 Å². The minimum Gasteiger partial charge on any atom is -0.375 e. The zero-order valence-corrected chi connectivity index (χ0v) is 13.1. The van der Waals surface area contributed by atoms with Gasteiger partial charge < -0.3 is 9.64 Å². The SMILES string of the molecule is CCCS(=O)(=O)N1CC[C@H]2CN(C(C)=O)CCO[C@H]2C1. The van der Waals surface area contributed by atoms with Crippen LogP contribution in [0.15, 0.2) is 0 Å². The van der Waals surface area contributed by atoms with Gasteiger partial charge in [0, 0.05) is 39.0 Å². The van der Waals surface area contributed by atoms with Gasteiger partial charge in [0.05, 0.1) is 18.5 Å². The number of fused-ring (bicyclic) bond motifs is 1. The van der Waals surface area contributed by atoms with Gasteiger partial charge in [-0.15, -0.1) is 0 Å². The van der Waals surface area contributed by atoms with Crippen LogP contribution in [0.4, 0.5) is 0 Å². The van der Waals surface area contributed by atoms with Gasteiger partial charge in [-0.3, -0.25) is 4.79 Å². The van der Waals surface area contributed by atoms with Crippen molar-refractivity contribution in [3.8, 4) is 0 Å². The van der Waals surface area contributed by atoms with Crippen LogP contribution < -0.4 is 0 Å². The number of nitrogens with zero attached hydrogens (tertiary/aromatic N) is 2. The Hall–Kier alpha value is -0.660. The Bertz CT molecular complexity index is 451. The third-order valence-electron chi connectivity index (χ3n) is 4.11. The summed E-state index contributed by atoms with van der Waals surface area (Å²) in [5.41, 5.74) is 0. The van der Waals surface area contributed by atoms with Crippen molar-refractivity contribution in [3.05, 3.63) is 0 Å². The highest BCUT2D eigenvalue weighted by Crippen LogP contribution is 2.26. The highest BCUT2D eigenvalue weighted by molar-refractivity contribution is 7.89. The second-order valence-electron chi connectivity index (χ2n) is 5.60. The molecule has 2 aliphatic heterocycles. The third kappa shape index (κ3) is 3.51. The van der Waals surface area contributed by atoms with E-state index in [2.05, 4.69) is 0 Å². The first-order valence-corrected chi connectivity index (χ1v) is 8.90. The maximum Gasteiger partial charge on any atom is 0.219 e. The number of sulfonamides is 1. The molecular weight excluding hydrogens is 280 g/mol. The number of hydrogen-bond acceptors (Lipinski definition) is 4. The summed E-state index contributed by atoms with van der Waals surface area (Å²) >= 11 is 0. The van der Waals surface area contributed by atoms with Gasteiger partial charge in [-0.2, -0.15) is 4.31 Å². The van der Waals surface area contributed by atoms with Crippen molar-refractivity contribution in [3.63, 3.8) is 0 Å². The summed E-state index contributed by atoms with van der Waals surface area (Å²) in [7, 11) is -3.15. The standard InChI is InChI=1S/C13H24N2O4S/c1-3-8-20(17,18)15-5-4-12-9-14(11(2)16)6-7-19-13(12)10-15/h12-13H,3-10H2,1-2H3/t12-,13-/m0/s1. The first-order chi connectivity index (χ1) is 9.44. The number of rotatable bonds is 3. The molecule has 1 amide bonds. The second-order valence-corrected chi connectivity index (χ2v) is 7.69. The molecular formula is C13H24N2O4S. The molecule has 7 heteroatoms. The van der Waals surface area contributed by atoms with Crippen molar-refractivity contribution >= 4 is 15.9 Å². The average molecular weight is 304 g/mol. The van der Waals surface area contributed by atoms with Crippen LogP contribution in [0.2, 0.25) is 0 Å². The van der Waals surface area contributed by atoms with Crippen molar-refractivity contribution in [2.24, 2.45) is 5.92 Å². The maximum atomic E-state index is 12.1. The normalized spacial score (nSPS) is 28.8. The molecule has 0 N–H and O–H groups in total. The Morgan fingerprint density at radius 1 is 1.30 bits per heavy atom. The van der Waals surface area contributed by atoms with E-state index in [0.717, 1.165) is 6.42 Å². The highest BCUT2D eigenvalue weighted by atomic mass is 32.2. The van der Waals surface area contributed by atoms with Crippen LogP contribution in [-0.2, 0) is 19.6 Å². The zero-order chi connectivity index (χ0) is 14.8. The molecule has 0 radical (unpaired) electrons. The summed E-state index contributed by atoms with van der Waals surface area (Å²) in [4.78, 5) is 13.3. The molecule has 0 unspecified atom stereocenters. The number of piperidine rings is 1. The van der Waals surface area contributed by atoms with E-state index in [1.165, 1.54) is 0 Å². The quantitative estimate of drug-likeness (QED) is 0.752. The lowest BCUT2D eigenvalue weighted by molar-refractivity contribution is -0.129. The molecule has 116 valence electrons. The number of carbonyl (C=O) groups excluding carboxylic acids is 1. The lowest BCUT2D eigenvalue weighted by atomic mass is 9.94. The second kappa shape index (κ2) is 6.41. The molecule has 2 atom stereocenters. The van der Waals surface area contributed by atoms with E-state index in [4.69, 9.17) is 4.74 Å². The van der Waals surface area contributed by atoms with Crippen LogP contribution in [0.5, 0.6) is 0 Å². The first kappa shape index (κ1) is 15.7. The summed E-state index contributed by atoms with van der Waals surface area (Å²) in [6, 6.07) is 0. The Labute approximate surface area is 121 Å². The number of ether oxygens (including phenoxy) is 1. The Kier molecular flexibility index (Phi) is 5.04. The lowest BCUT2D eigenvalue weighted by Gasteiger charge is -2.37. The largest absolute Gasteiger partial charge is 0.375 e. The summed E-state index contributed by atoms with van der Waals surface area (Å²) in [5.74, 6) is 0.508. The first-order valence-electron chi connectivity index (χ1n) is 7.29.